The van der Waals surface area contributed by atoms with E-state index in [9.17, 15) is 0 Å². The van der Waals surface area contributed by atoms with Crippen molar-refractivity contribution >= 4 is 25.7 Å². The molecule has 0 fully saturated rings. The fourth-order valence-electron chi connectivity index (χ4n) is 1.24. The summed E-state index contributed by atoms with van der Waals surface area (Å²) in [4.78, 5) is 0. The Bertz CT molecular complexity index is 135. The minimum atomic E-state index is -0.818. The van der Waals surface area contributed by atoms with Crippen LogP contribution in [0.15, 0.2) is 0 Å². The molecule has 0 amide bonds. The van der Waals surface area contributed by atoms with Gasteiger partial charge in [-0.25, -0.2) is 0 Å². The van der Waals surface area contributed by atoms with E-state index in [1.165, 1.54) is 0 Å². The van der Waals surface area contributed by atoms with Crippen LogP contribution in [0.4, 0.5) is 0 Å². The summed E-state index contributed by atoms with van der Waals surface area (Å²) >= 11 is 0. The van der Waals surface area contributed by atoms with Crippen molar-refractivity contribution in [3.8, 4) is 0 Å². The fraction of sp³-hybridized carbons (Fsp3) is 1.00. The lowest BCUT2D eigenvalue weighted by Gasteiger charge is -2.32. The number of hydrogen-bond acceptors (Lipinski definition) is 0. The normalized spacial score (nSPS) is 19.4. The van der Waals surface area contributed by atoms with E-state index in [4.69, 9.17) is 0 Å². The SMILES string of the molecule is CC([SiH2]C(C)[Si](C)(C)C)[Si](C)(C)C. The Balaban J connectivity index is 4.15. The summed E-state index contributed by atoms with van der Waals surface area (Å²) in [5.74, 6) is 0. The van der Waals surface area contributed by atoms with Gasteiger partial charge in [0.15, 0.2) is 0 Å². The van der Waals surface area contributed by atoms with E-state index < -0.39 is 16.1 Å². The minimum absolute atomic E-state index is 0.175. The molecule has 2 atom stereocenters. The molecule has 0 aromatic carbocycles. The van der Waals surface area contributed by atoms with Gasteiger partial charge in [-0.3, -0.25) is 0 Å². The zero-order chi connectivity index (χ0) is 10.9. The van der Waals surface area contributed by atoms with E-state index in [-0.39, 0.29) is 9.52 Å². The van der Waals surface area contributed by atoms with Crippen molar-refractivity contribution in [2.75, 3.05) is 0 Å². The van der Waals surface area contributed by atoms with E-state index in [1.807, 2.05) is 0 Å². The predicted molar refractivity (Wildman–Crippen MR) is 74.1 cm³/mol. The van der Waals surface area contributed by atoms with Gasteiger partial charge in [0.1, 0.15) is 0 Å². The molecular formula is C10H28Si3. The fourth-order valence-corrected chi connectivity index (χ4v) is 10.8. The van der Waals surface area contributed by atoms with Crippen LogP contribution in [0, 0.1) is 0 Å². The molecule has 0 bridgehead atoms. The van der Waals surface area contributed by atoms with Crippen molar-refractivity contribution in [1.82, 2.24) is 0 Å². The zero-order valence-corrected chi connectivity index (χ0v) is 14.3. The quantitative estimate of drug-likeness (QED) is 0.651. The van der Waals surface area contributed by atoms with Gasteiger partial charge in [-0.15, -0.1) is 0 Å². The first-order valence-electron chi connectivity index (χ1n) is 5.55. The zero-order valence-electron chi connectivity index (χ0n) is 10.9. The highest BCUT2D eigenvalue weighted by Crippen LogP contribution is 2.28. The summed E-state index contributed by atoms with van der Waals surface area (Å²) in [6.45, 7) is 20.2. The Morgan fingerprint density at radius 1 is 0.692 bits per heavy atom. The molecule has 0 N–H and O–H groups in total. The van der Waals surface area contributed by atoms with Crippen molar-refractivity contribution in [3.05, 3.63) is 0 Å². The Kier molecular flexibility index (Phi) is 4.67. The largest absolute Gasteiger partial charge is 0.0696 e. The third kappa shape index (κ3) is 5.18. The molecule has 13 heavy (non-hydrogen) atoms. The molecule has 0 saturated carbocycles. The predicted octanol–water partition coefficient (Wildman–Crippen LogP) is 3.53. The molecule has 80 valence electrons. The van der Waals surface area contributed by atoms with E-state index in [0.717, 1.165) is 10.3 Å². The van der Waals surface area contributed by atoms with Crippen molar-refractivity contribution in [2.45, 2.75) is 63.5 Å². The molecule has 2 unspecified atom stereocenters. The van der Waals surface area contributed by atoms with Gasteiger partial charge in [-0.2, -0.15) is 0 Å². The minimum Gasteiger partial charge on any atom is -0.0696 e. The first-order valence-corrected chi connectivity index (χ1v) is 14.3. The van der Waals surface area contributed by atoms with Crippen LogP contribution in [-0.2, 0) is 0 Å². The van der Waals surface area contributed by atoms with Crippen molar-refractivity contribution < 1.29 is 0 Å². The lowest BCUT2D eigenvalue weighted by atomic mass is 10.9. The Hall–Kier alpha value is 0.651. The van der Waals surface area contributed by atoms with E-state index >= 15 is 0 Å². The highest BCUT2D eigenvalue weighted by Gasteiger charge is 2.29. The molecule has 0 aromatic heterocycles. The van der Waals surface area contributed by atoms with E-state index in [0.29, 0.717) is 0 Å². The van der Waals surface area contributed by atoms with E-state index in [2.05, 4.69) is 53.1 Å². The van der Waals surface area contributed by atoms with Gasteiger partial charge in [0.2, 0.25) is 0 Å². The van der Waals surface area contributed by atoms with Gasteiger partial charge in [0.05, 0.1) is 0 Å². The van der Waals surface area contributed by atoms with Crippen molar-refractivity contribution in [2.24, 2.45) is 0 Å². The van der Waals surface area contributed by atoms with Crippen LogP contribution in [0.3, 0.4) is 0 Å². The third-order valence-corrected chi connectivity index (χ3v) is 19.8. The van der Waals surface area contributed by atoms with Crippen LogP contribution < -0.4 is 0 Å². The van der Waals surface area contributed by atoms with Crippen LogP contribution in [0.2, 0.25) is 49.6 Å². The molecule has 0 aromatic rings. The smallest absolute Gasteiger partial charge is 0.0439 e. The van der Waals surface area contributed by atoms with Gasteiger partial charge in [-0.1, -0.05) is 63.5 Å². The number of hydrogen-bond donors (Lipinski definition) is 0. The highest BCUT2D eigenvalue weighted by molar-refractivity contribution is 6.91. The molecular weight excluding hydrogens is 204 g/mol. The summed E-state index contributed by atoms with van der Waals surface area (Å²) < 4.78 is 0. The second-order valence-electron chi connectivity index (χ2n) is 6.77. The first kappa shape index (κ1) is 13.7. The Morgan fingerprint density at radius 3 is 1.08 bits per heavy atom. The van der Waals surface area contributed by atoms with Crippen LogP contribution in [-0.4, -0.2) is 25.7 Å². The molecule has 3 heteroatoms. The molecule has 0 aliphatic rings. The molecule has 0 heterocycles. The Labute approximate surface area is 89.4 Å². The highest BCUT2D eigenvalue weighted by atomic mass is 28.4. The maximum Gasteiger partial charge on any atom is 0.0439 e. The monoisotopic (exact) mass is 232 g/mol. The van der Waals surface area contributed by atoms with Crippen LogP contribution in [0.1, 0.15) is 13.8 Å². The third-order valence-electron chi connectivity index (χ3n) is 3.66. The topological polar surface area (TPSA) is 0 Å². The standard InChI is InChI=1S/C10H28Si3/c1-9(12(3,4)5)11-10(2)13(6,7)8/h9-10H,11H2,1-8H3. The van der Waals surface area contributed by atoms with E-state index in [1.54, 1.807) is 0 Å². The van der Waals surface area contributed by atoms with Gasteiger partial charge in [0, 0.05) is 25.7 Å². The molecule has 0 radical (unpaired) electrons. The first-order chi connectivity index (χ1) is 5.55. The lowest BCUT2D eigenvalue weighted by molar-refractivity contribution is 1.15. The van der Waals surface area contributed by atoms with Crippen LogP contribution >= 0.6 is 0 Å². The lowest BCUT2D eigenvalue weighted by Crippen LogP contribution is -2.38. The Morgan fingerprint density at radius 2 is 0.923 bits per heavy atom. The molecule has 0 aliphatic carbocycles. The van der Waals surface area contributed by atoms with Gasteiger partial charge in [-0.05, 0) is 0 Å². The van der Waals surface area contributed by atoms with Gasteiger partial charge in [0.25, 0.3) is 0 Å². The average Bonchev–Trinajstić information content (AvgIpc) is 1.82. The van der Waals surface area contributed by atoms with Crippen LogP contribution in [0.5, 0.6) is 0 Å². The summed E-state index contributed by atoms with van der Waals surface area (Å²) in [6.07, 6.45) is 0. The van der Waals surface area contributed by atoms with Crippen LogP contribution in [0.25, 0.3) is 0 Å². The maximum atomic E-state index is 2.53. The molecule has 0 spiro atoms. The molecule has 0 rings (SSSR count). The molecule has 0 nitrogen and oxygen atoms in total. The van der Waals surface area contributed by atoms with Crippen molar-refractivity contribution in [3.63, 3.8) is 0 Å². The average molecular weight is 233 g/mol. The second kappa shape index (κ2) is 4.45. The maximum absolute atomic E-state index is 2.53. The van der Waals surface area contributed by atoms with Gasteiger partial charge < -0.3 is 0 Å². The number of rotatable bonds is 4. The summed E-state index contributed by atoms with van der Waals surface area (Å²) in [6, 6.07) is 0. The van der Waals surface area contributed by atoms with Crippen molar-refractivity contribution in [1.29, 1.82) is 0 Å². The summed E-state index contributed by atoms with van der Waals surface area (Å²) in [5, 5.41) is 2.24. The molecule has 0 saturated heterocycles. The molecule has 0 aliphatic heterocycles. The summed E-state index contributed by atoms with van der Waals surface area (Å²) in [5.41, 5.74) is 0. The van der Waals surface area contributed by atoms with Gasteiger partial charge >= 0.3 is 0 Å². The second-order valence-corrected chi connectivity index (χ2v) is 22.8. The summed E-state index contributed by atoms with van der Waals surface area (Å²) in [7, 11) is -1.46.